The van der Waals surface area contributed by atoms with E-state index in [0.717, 1.165) is 4.47 Å². The quantitative estimate of drug-likeness (QED) is 0.699. The Morgan fingerprint density at radius 1 is 1.47 bits per heavy atom. The first kappa shape index (κ1) is 11.9. The molecular weight excluding hydrogens is 282 g/mol. The van der Waals surface area contributed by atoms with Crippen LogP contribution >= 0.6 is 15.9 Å². The highest BCUT2D eigenvalue weighted by atomic mass is 79.9. The molecule has 2 aromatic rings. The van der Waals surface area contributed by atoms with Gasteiger partial charge in [0, 0.05) is 28.5 Å². The molecule has 2 N–H and O–H groups in total. The second kappa shape index (κ2) is 4.71. The Bertz CT molecular complexity index is 563. The fourth-order valence-corrected chi connectivity index (χ4v) is 2.03. The molecule has 0 amide bonds. The van der Waals surface area contributed by atoms with E-state index in [1.807, 2.05) is 6.92 Å². The number of aryl methyl sites for hydroxylation is 1. The SMILES string of the molecule is CCn1nccc1C(=O)c1ccc(Br)cc1N. The van der Waals surface area contributed by atoms with Gasteiger partial charge in [-0.05, 0) is 31.2 Å². The topological polar surface area (TPSA) is 60.9 Å². The van der Waals surface area contributed by atoms with Crippen molar-refractivity contribution in [1.29, 1.82) is 0 Å². The van der Waals surface area contributed by atoms with E-state index in [9.17, 15) is 4.79 Å². The van der Waals surface area contributed by atoms with Crippen LogP contribution in [0.3, 0.4) is 0 Å². The lowest BCUT2D eigenvalue weighted by Gasteiger charge is -2.06. The minimum atomic E-state index is -0.102. The second-order valence-corrected chi connectivity index (χ2v) is 4.51. The highest BCUT2D eigenvalue weighted by Gasteiger charge is 2.16. The van der Waals surface area contributed by atoms with E-state index < -0.39 is 0 Å². The Balaban J connectivity index is 2.44. The van der Waals surface area contributed by atoms with Gasteiger partial charge in [-0.3, -0.25) is 9.48 Å². The third-order valence-corrected chi connectivity index (χ3v) is 3.00. The van der Waals surface area contributed by atoms with Gasteiger partial charge >= 0.3 is 0 Å². The molecule has 0 aliphatic carbocycles. The maximum absolute atomic E-state index is 12.3. The van der Waals surface area contributed by atoms with E-state index in [1.54, 1.807) is 35.1 Å². The molecule has 0 bridgehead atoms. The van der Waals surface area contributed by atoms with Crippen LogP contribution in [-0.4, -0.2) is 15.6 Å². The van der Waals surface area contributed by atoms with Gasteiger partial charge in [0.25, 0.3) is 0 Å². The van der Waals surface area contributed by atoms with E-state index in [0.29, 0.717) is 23.5 Å². The Morgan fingerprint density at radius 2 is 2.24 bits per heavy atom. The normalized spacial score (nSPS) is 10.5. The number of carbonyl (C=O) groups is 1. The zero-order valence-corrected chi connectivity index (χ0v) is 10.9. The van der Waals surface area contributed by atoms with Crippen LogP contribution in [0.1, 0.15) is 23.0 Å². The molecule has 2 rings (SSSR count). The summed E-state index contributed by atoms with van der Waals surface area (Å²) in [6.07, 6.45) is 1.62. The Labute approximate surface area is 108 Å². The summed E-state index contributed by atoms with van der Waals surface area (Å²) in [6, 6.07) is 6.94. The minimum Gasteiger partial charge on any atom is -0.398 e. The number of anilines is 1. The van der Waals surface area contributed by atoms with Gasteiger partial charge in [0.1, 0.15) is 5.69 Å². The lowest BCUT2D eigenvalue weighted by Crippen LogP contribution is -2.12. The fraction of sp³-hybridized carbons (Fsp3) is 0.167. The summed E-state index contributed by atoms with van der Waals surface area (Å²) < 4.78 is 2.51. The molecule has 17 heavy (non-hydrogen) atoms. The number of ketones is 1. The molecule has 1 heterocycles. The van der Waals surface area contributed by atoms with Crippen LogP contribution in [0.4, 0.5) is 5.69 Å². The summed E-state index contributed by atoms with van der Waals surface area (Å²) >= 11 is 3.31. The van der Waals surface area contributed by atoms with Crippen LogP contribution in [0.5, 0.6) is 0 Å². The van der Waals surface area contributed by atoms with Crippen LogP contribution in [-0.2, 0) is 6.54 Å². The van der Waals surface area contributed by atoms with Crippen LogP contribution in [0, 0.1) is 0 Å². The third kappa shape index (κ3) is 2.24. The van der Waals surface area contributed by atoms with Crippen molar-refractivity contribution in [3.05, 3.63) is 46.2 Å². The van der Waals surface area contributed by atoms with E-state index in [4.69, 9.17) is 5.73 Å². The van der Waals surface area contributed by atoms with Crippen LogP contribution in [0.15, 0.2) is 34.9 Å². The summed E-state index contributed by atoms with van der Waals surface area (Å²) in [6.45, 7) is 2.60. The molecule has 0 saturated carbocycles. The third-order valence-electron chi connectivity index (χ3n) is 2.51. The van der Waals surface area contributed by atoms with Crippen molar-refractivity contribution >= 4 is 27.4 Å². The summed E-state index contributed by atoms with van der Waals surface area (Å²) in [5.74, 6) is -0.102. The monoisotopic (exact) mass is 293 g/mol. The van der Waals surface area contributed by atoms with Crippen molar-refractivity contribution in [1.82, 2.24) is 9.78 Å². The number of carbonyl (C=O) groups excluding carboxylic acids is 1. The Morgan fingerprint density at radius 3 is 2.88 bits per heavy atom. The second-order valence-electron chi connectivity index (χ2n) is 3.59. The number of nitrogen functional groups attached to an aromatic ring is 1. The average molecular weight is 294 g/mol. The molecule has 0 spiro atoms. The van der Waals surface area contributed by atoms with Gasteiger partial charge in [0.15, 0.2) is 0 Å². The Kier molecular flexibility index (Phi) is 3.28. The van der Waals surface area contributed by atoms with E-state index in [2.05, 4.69) is 21.0 Å². The van der Waals surface area contributed by atoms with Gasteiger partial charge < -0.3 is 5.73 Å². The first-order valence-corrected chi connectivity index (χ1v) is 6.04. The first-order valence-electron chi connectivity index (χ1n) is 5.25. The molecule has 0 aliphatic rings. The molecule has 0 saturated heterocycles. The molecule has 0 radical (unpaired) electrons. The number of rotatable bonds is 3. The molecule has 88 valence electrons. The highest BCUT2D eigenvalue weighted by Crippen LogP contribution is 2.21. The smallest absolute Gasteiger partial charge is 0.213 e. The van der Waals surface area contributed by atoms with E-state index in [-0.39, 0.29) is 5.78 Å². The van der Waals surface area contributed by atoms with Crippen LogP contribution < -0.4 is 5.73 Å². The molecule has 0 atom stereocenters. The van der Waals surface area contributed by atoms with Crippen molar-refractivity contribution in [3.63, 3.8) is 0 Å². The molecule has 0 fully saturated rings. The van der Waals surface area contributed by atoms with E-state index >= 15 is 0 Å². The molecule has 4 nitrogen and oxygen atoms in total. The summed E-state index contributed by atoms with van der Waals surface area (Å²) in [5, 5.41) is 4.07. The largest absolute Gasteiger partial charge is 0.398 e. The maximum Gasteiger partial charge on any atom is 0.213 e. The predicted molar refractivity (Wildman–Crippen MR) is 69.9 cm³/mol. The number of hydrogen-bond donors (Lipinski definition) is 1. The number of hydrogen-bond acceptors (Lipinski definition) is 3. The molecule has 1 aromatic heterocycles. The first-order chi connectivity index (χ1) is 8.13. The van der Waals surface area contributed by atoms with Gasteiger partial charge in [-0.2, -0.15) is 5.10 Å². The number of halogens is 1. The van der Waals surface area contributed by atoms with Crippen molar-refractivity contribution in [2.75, 3.05) is 5.73 Å². The summed E-state index contributed by atoms with van der Waals surface area (Å²) in [5.41, 5.74) is 7.37. The zero-order valence-electron chi connectivity index (χ0n) is 9.35. The zero-order chi connectivity index (χ0) is 12.4. The van der Waals surface area contributed by atoms with Crippen molar-refractivity contribution < 1.29 is 4.79 Å². The fourth-order valence-electron chi connectivity index (χ4n) is 1.66. The standard InChI is InChI=1S/C12H12BrN3O/c1-2-16-11(5-6-15-16)12(17)9-4-3-8(13)7-10(9)14/h3-7H,2,14H2,1H3. The van der Waals surface area contributed by atoms with Gasteiger partial charge in [-0.1, -0.05) is 15.9 Å². The number of nitrogens with two attached hydrogens (primary N) is 1. The van der Waals surface area contributed by atoms with Gasteiger partial charge in [0.2, 0.25) is 5.78 Å². The van der Waals surface area contributed by atoms with Gasteiger partial charge in [-0.15, -0.1) is 0 Å². The highest BCUT2D eigenvalue weighted by molar-refractivity contribution is 9.10. The van der Waals surface area contributed by atoms with Crippen molar-refractivity contribution in [2.45, 2.75) is 13.5 Å². The number of nitrogens with zero attached hydrogens (tertiary/aromatic N) is 2. The molecule has 1 aromatic carbocycles. The molecule has 5 heteroatoms. The van der Waals surface area contributed by atoms with Gasteiger partial charge in [0.05, 0.1) is 0 Å². The molecular formula is C12H12BrN3O. The lowest BCUT2D eigenvalue weighted by atomic mass is 10.1. The Hall–Kier alpha value is -1.62. The van der Waals surface area contributed by atoms with Crippen LogP contribution in [0.2, 0.25) is 0 Å². The van der Waals surface area contributed by atoms with Crippen LogP contribution in [0.25, 0.3) is 0 Å². The van der Waals surface area contributed by atoms with Gasteiger partial charge in [-0.25, -0.2) is 0 Å². The summed E-state index contributed by atoms with van der Waals surface area (Å²) in [4.78, 5) is 12.3. The van der Waals surface area contributed by atoms with E-state index in [1.165, 1.54) is 0 Å². The number of aromatic nitrogens is 2. The van der Waals surface area contributed by atoms with Crippen molar-refractivity contribution in [2.24, 2.45) is 0 Å². The molecule has 0 unspecified atom stereocenters. The summed E-state index contributed by atoms with van der Waals surface area (Å²) in [7, 11) is 0. The minimum absolute atomic E-state index is 0.102. The lowest BCUT2D eigenvalue weighted by molar-refractivity contribution is 0.103. The molecule has 0 aliphatic heterocycles. The van der Waals surface area contributed by atoms with Crippen molar-refractivity contribution in [3.8, 4) is 0 Å². The predicted octanol–water partition coefficient (Wildman–Crippen LogP) is 2.48. The number of benzene rings is 1. The maximum atomic E-state index is 12.3. The average Bonchev–Trinajstić information content (AvgIpc) is 2.76.